The third-order valence-electron chi connectivity index (χ3n) is 12.4. The zero-order valence-corrected chi connectivity index (χ0v) is 26.2. The van der Waals surface area contributed by atoms with Crippen molar-refractivity contribution < 1.29 is 39.1 Å². The lowest BCUT2D eigenvalue weighted by molar-refractivity contribution is -0.284. The summed E-state index contributed by atoms with van der Waals surface area (Å²) >= 11 is 5.01. The quantitative estimate of drug-likeness (QED) is 0.0969. The first kappa shape index (κ1) is 31.3. The van der Waals surface area contributed by atoms with Crippen LogP contribution in [0.25, 0.3) is 0 Å². The number of aliphatic hydroxyl groups is 3. The first-order valence-electron chi connectivity index (χ1n) is 15.8. The van der Waals surface area contributed by atoms with Crippen molar-refractivity contribution in [2.75, 3.05) is 13.7 Å². The minimum absolute atomic E-state index is 0.0182. The van der Waals surface area contributed by atoms with Gasteiger partial charge in [0.1, 0.15) is 12.7 Å². The van der Waals surface area contributed by atoms with Crippen molar-refractivity contribution in [1.29, 1.82) is 0 Å². The van der Waals surface area contributed by atoms with Crippen LogP contribution in [0.1, 0.15) is 78.1 Å². The van der Waals surface area contributed by atoms with E-state index in [0.717, 1.165) is 24.8 Å². The number of thiocarbonyl (C=S) groups is 1. The number of carbonyl (C=O) groups excluding carboxylic acids is 1. The second-order valence-electron chi connectivity index (χ2n) is 14.1. The number of esters is 1. The fraction of sp³-hybridized carbons (Fsp3) is 0.839. The van der Waals surface area contributed by atoms with E-state index < -0.39 is 40.5 Å². The second kappa shape index (κ2) is 11.3. The molecule has 43 heavy (non-hydrogen) atoms. The van der Waals surface area contributed by atoms with Crippen molar-refractivity contribution in [3.63, 3.8) is 0 Å². The molecule has 6 N–H and O–H groups in total. The van der Waals surface area contributed by atoms with E-state index in [1.165, 1.54) is 0 Å². The summed E-state index contributed by atoms with van der Waals surface area (Å²) in [6, 6.07) is 0. The van der Waals surface area contributed by atoms with Crippen molar-refractivity contribution in [3.05, 3.63) is 11.6 Å². The summed E-state index contributed by atoms with van der Waals surface area (Å²) in [6.45, 7) is 4.29. The van der Waals surface area contributed by atoms with E-state index in [1.807, 2.05) is 13.1 Å². The van der Waals surface area contributed by atoms with Crippen molar-refractivity contribution in [2.24, 2.45) is 39.4 Å². The predicted octanol–water partition coefficient (Wildman–Crippen LogP) is 2.05. The Balaban J connectivity index is 1.27. The standard InChI is InChI=1S/C31H47N3O8S/c1-17-26(36)23(39-3)13-25(41-17)42-19-4-9-29(16-33-34-27(32)43)21-5-8-28(2)20(18-12-24(35)40-15-18)7-11-31(28,38)22(21)6-10-30(29,37)14-19/h12,16-17,19-23,25-26,36-38H,4-11,13-15H2,1-3H3,(H3,32,34,43). The molecule has 0 radical (unpaired) electrons. The number of cyclic esters (lactones) is 1. The van der Waals surface area contributed by atoms with Crippen LogP contribution < -0.4 is 11.2 Å². The van der Waals surface area contributed by atoms with Crippen molar-refractivity contribution in [1.82, 2.24) is 5.43 Å². The Morgan fingerprint density at radius 2 is 1.95 bits per heavy atom. The van der Waals surface area contributed by atoms with Crippen LogP contribution in [0.2, 0.25) is 0 Å². The highest BCUT2D eigenvalue weighted by molar-refractivity contribution is 7.80. The number of hydrogen-bond acceptors (Lipinski definition) is 10. The van der Waals surface area contributed by atoms with Gasteiger partial charge >= 0.3 is 5.97 Å². The fourth-order valence-corrected chi connectivity index (χ4v) is 10.3. The lowest BCUT2D eigenvalue weighted by Gasteiger charge is -2.66. The van der Waals surface area contributed by atoms with Crippen LogP contribution in [0.15, 0.2) is 16.8 Å². The van der Waals surface area contributed by atoms with E-state index in [2.05, 4.69) is 17.5 Å². The van der Waals surface area contributed by atoms with Gasteiger partial charge in [-0.3, -0.25) is 5.43 Å². The summed E-state index contributed by atoms with van der Waals surface area (Å²) in [6.07, 6.45) is 7.39. The van der Waals surface area contributed by atoms with Gasteiger partial charge in [-0.15, -0.1) is 0 Å². The first-order valence-corrected chi connectivity index (χ1v) is 16.2. The molecule has 6 aliphatic rings. The van der Waals surface area contributed by atoms with Gasteiger partial charge in [0.25, 0.3) is 0 Å². The summed E-state index contributed by atoms with van der Waals surface area (Å²) in [5.41, 5.74) is 6.21. The van der Waals surface area contributed by atoms with Gasteiger partial charge in [-0.2, -0.15) is 5.10 Å². The molecule has 11 nitrogen and oxygen atoms in total. The van der Waals surface area contributed by atoms with Crippen LogP contribution >= 0.6 is 12.2 Å². The number of hydrogen-bond donors (Lipinski definition) is 5. The number of nitrogens with zero attached hydrogens (tertiary/aromatic N) is 1. The number of rotatable bonds is 6. The topological polar surface area (TPSA) is 165 Å². The summed E-state index contributed by atoms with van der Waals surface area (Å²) in [5, 5.41) is 40.1. The SMILES string of the molecule is COC1CC(OC2CCC3(C=NNC(N)=S)C4CCC5(C)C(C6=CC(=O)OC6)CCC5(O)C4CCC3(O)C2)OC(C)C1O. The zero-order valence-electron chi connectivity index (χ0n) is 25.4. The molecule has 0 aromatic carbocycles. The van der Waals surface area contributed by atoms with Crippen LogP contribution in [0, 0.1) is 28.6 Å². The molecule has 12 atom stereocenters. The molecular formula is C31H47N3O8S. The maximum Gasteiger partial charge on any atom is 0.331 e. The Morgan fingerprint density at radius 3 is 2.65 bits per heavy atom. The van der Waals surface area contributed by atoms with E-state index in [0.29, 0.717) is 51.6 Å². The Kier molecular flexibility index (Phi) is 8.22. The molecule has 2 heterocycles. The van der Waals surface area contributed by atoms with Gasteiger partial charge in [0, 0.05) is 43.1 Å². The molecule has 12 heteroatoms. The van der Waals surface area contributed by atoms with Crippen LogP contribution in [-0.2, 0) is 23.7 Å². The average molecular weight is 622 g/mol. The molecule has 12 unspecified atom stereocenters. The normalized spacial score (nSPS) is 49.5. The number of carbonyl (C=O) groups is 1. The molecule has 4 saturated carbocycles. The Hall–Kier alpha value is -1.67. The number of nitrogens with two attached hydrogens (primary N) is 1. The minimum Gasteiger partial charge on any atom is -0.458 e. The van der Waals surface area contributed by atoms with Crippen LogP contribution in [-0.4, -0.2) is 88.2 Å². The number of hydrazone groups is 1. The molecule has 5 fully saturated rings. The number of nitrogens with one attached hydrogen (secondary N) is 1. The highest BCUT2D eigenvalue weighted by Crippen LogP contribution is 2.70. The molecule has 4 aliphatic carbocycles. The summed E-state index contributed by atoms with van der Waals surface area (Å²) in [5.74, 6) is -0.277. The third kappa shape index (κ3) is 4.96. The van der Waals surface area contributed by atoms with Crippen LogP contribution in [0.4, 0.5) is 0 Å². The Bertz CT molecular complexity index is 1190. The zero-order chi connectivity index (χ0) is 30.8. The van der Waals surface area contributed by atoms with Gasteiger partial charge in [0.15, 0.2) is 11.4 Å². The molecule has 2 aliphatic heterocycles. The minimum atomic E-state index is -1.13. The molecular weight excluding hydrogens is 574 g/mol. The van der Waals surface area contributed by atoms with E-state index in [4.69, 9.17) is 36.9 Å². The molecule has 0 spiro atoms. The molecule has 1 saturated heterocycles. The monoisotopic (exact) mass is 621 g/mol. The van der Waals surface area contributed by atoms with E-state index >= 15 is 0 Å². The van der Waals surface area contributed by atoms with E-state index in [1.54, 1.807) is 13.2 Å². The maximum absolute atomic E-state index is 12.6. The number of fused-ring (bicyclic) bond motifs is 5. The Labute approximate surface area is 258 Å². The maximum atomic E-state index is 12.6. The van der Waals surface area contributed by atoms with Gasteiger partial charge in [-0.05, 0) is 93.8 Å². The molecule has 0 aromatic heterocycles. The van der Waals surface area contributed by atoms with E-state index in [9.17, 15) is 20.1 Å². The summed E-state index contributed by atoms with van der Waals surface area (Å²) in [7, 11) is 1.58. The highest BCUT2D eigenvalue weighted by Gasteiger charge is 2.71. The molecule has 240 valence electrons. The largest absolute Gasteiger partial charge is 0.458 e. The molecule has 0 bridgehead atoms. The number of ether oxygens (including phenoxy) is 4. The molecule has 0 aromatic rings. The third-order valence-corrected chi connectivity index (χ3v) is 12.5. The summed E-state index contributed by atoms with van der Waals surface area (Å²) < 4.78 is 23.1. The van der Waals surface area contributed by atoms with Crippen LogP contribution in [0.3, 0.4) is 0 Å². The van der Waals surface area contributed by atoms with Gasteiger partial charge in [-0.25, -0.2) is 4.79 Å². The van der Waals surface area contributed by atoms with Crippen molar-refractivity contribution >= 4 is 29.5 Å². The number of aliphatic hydroxyl groups excluding tert-OH is 1. The van der Waals surface area contributed by atoms with Gasteiger partial charge < -0.3 is 40.0 Å². The molecule has 6 rings (SSSR count). The predicted molar refractivity (Wildman–Crippen MR) is 161 cm³/mol. The van der Waals surface area contributed by atoms with E-state index in [-0.39, 0.29) is 41.0 Å². The first-order chi connectivity index (χ1) is 20.4. The molecule has 0 amide bonds. The lowest BCUT2D eigenvalue weighted by Crippen LogP contribution is -2.69. The smallest absolute Gasteiger partial charge is 0.331 e. The fourth-order valence-electron chi connectivity index (χ4n) is 10.2. The number of methoxy groups -OCH3 is 1. The van der Waals surface area contributed by atoms with Crippen LogP contribution in [0.5, 0.6) is 0 Å². The van der Waals surface area contributed by atoms with Gasteiger partial charge in [0.2, 0.25) is 0 Å². The average Bonchev–Trinajstić information content (AvgIpc) is 3.50. The second-order valence-corrected chi connectivity index (χ2v) is 14.6. The summed E-state index contributed by atoms with van der Waals surface area (Å²) in [4.78, 5) is 11.9. The lowest BCUT2D eigenvalue weighted by atomic mass is 9.41. The van der Waals surface area contributed by atoms with Gasteiger partial charge in [-0.1, -0.05) is 6.92 Å². The van der Waals surface area contributed by atoms with Gasteiger partial charge in [0.05, 0.1) is 29.5 Å². The van der Waals surface area contributed by atoms with Crippen molar-refractivity contribution in [3.8, 4) is 0 Å². The highest BCUT2D eigenvalue weighted by atomic mass is 32.1. The Morgan fingerprint density at radius 1 is 1.19 bits per heavy atom. The van der Waals surface area contributed by atoms with Crippen molar-refractivity contribution in [2.45, 2.75) is 120 Å².